The molecule has 4 rings (SSSR count). The summed E-state index contributed by atoms with van der Waals surface area (Å²) in [5.41, 5.74) is 0.674. The third-order valence-corrected chi connectivity index (χ3v) is 5.59. The van der Waals surface area contributed by atoms with Crippen LogP contribution < -0.4 is 0 Å². The number of aromatic carboxylic acids is 2. The van der Waals surface area contributed by atoms with E-state index in [1.165, 1.54) is 0 Å². The molecule has 4 aromatic carbocycles. The van der Waals surface area contributed by atoms with E-state index in [2.05, 4.69) is 31.9 Å². The van der Waals surface area contributed by atoms with E-state index in [4.69, 9.17) is 10.2 Å². The summed E-state index contributed by atoms with van der Waals surface area (Å²) in [6.45, 7) is 0. The van der Waals surface area contributed by atoms with E-state index < -0.39 is 11.9 Å². The zero-order chi connectivity index (χ0) is 20.3. The second-order valence-corrected chi connectivity index (χ2v) is 7.60. The summed E-state index contributed by atoms with van der Waals surface area (Å²) in [6, 6.07) is 21.6. The number of hydrogen-bond donors (Lipinski definition) is 2. The van der Waals surface area contributed by atoms with Crippen molar-refractivity contribution < 1.29 is 39.3 Å². The van der Waals surface area contributed by atoms with Crippen molar-refractivity contribution in [2.75, 3.05) is 0 Å². The quantitative estimate of drug-likeness (QED) is 0.268. The van der Waals surface area contributed by atoms with Gasteiger partial charge in [0.05, 0.1) is 11.1 Å². The minimum Gasteiger partial charge on any atom is -0.478 e. The molecule has 0 radical (unpaired) electrons. The van der Waals surface area contributed by atoms with Crippen molar-refractivity contribution in [2.45, 2.75) is 0 Å². The first-order valence-corrected chi connectivity index (χ1v) is 9.80. The molecule has 0 fully saturated rings. The summed E-state index contributed by atoms with van der Waals surface area (Å²) in [7, 11) is 0. The van der Waals surface area contributed by atoms with Gasteiger partial charge in [-0.25, -0.2) is 9.59 Å². The van der Waals surface area contributed by atoms with Crippen molar-refractivity contribution in [3.63, 3.8) is 0 Å². The minimum absolute atomic E-state index is 0. The third kappa shape index (κ3) is 5.10. The summed E-state index contributed by atoms with van der Waals surface area (Å²) >= 11 is 6.77. The molecule has 0 saturated heterocycles. The molecule has 4 aromatic rings. The molecule has 0 amide bonds. The Morgan fingerprint density at radius 2 is 0.862 bits per heavy atom. The molecule has 0 aliphatic carbocycles. The molecule has 4 nitrogen and oxygen atoms in total. The maximum Gasteiger partial charge on any atom is 0.336 e. The van der Waals surface area contributed by atoms with Gasteiger partial charge in [0.2, 0.25) is 0 Å². The monoisotopic (exact) mass is 564 g/mol. The SMILES string of the molecule is O=C(O)c1ccc(Br)c2ccccc12.O=C(O)c1ccc(Br)c2ccccc12.[Zn]. The minimum atomic E-state index is -0.895. The van der Waals surface area contributed by atoms with Crippen molar-refractivity contribution in [3.8, 4) is 0 Å². The molecule has 2 N–H and O–H groups in total. The fraction of sp³-hybridized carbons (Fsp3) is 0. The van der Waals surface area contributed by atoms with Gasteiger partial charge in [-0.2, -0.15) is 0 Å². The van der Waals surface area contributed by atoms with Crippen molar-refractivity contribution >= 4 is 65.3 Å². The van der Waals surface area contributed by atoms with E-state index >= 15 is 0 Å². The van der Waals surface area contributed by atoms with E-state index in [1.807, 2.05) is 48.5 Å². The van der Waals surface area contributed by atoms with Crippen LogP contribution in [0.1, 0.15) is 20.7 Å². The Morgan fingerprint density at radius 1 is 0.552 bits per heavy atom. The number of rotatable bonds is 2. The van der Waals surface area contributed by atoms with Gasteiger partial charge in [-0.05, 0) is 45.8 Å². The van der Waals surface area contributed by atoms with Crippen LogP contribution >= 0.6 is 31.9 Å². The van der Waals surface area contributed by atoms with Gasteiger partial charge in [-0.1, -0.05) is 80.4 Å². The molecule has 0 heterocycles. The topological polar surface area (TPSA) is 74.6 Å². The Labute approximate surface area is 196 Å². The van der Waals surface area contributed by atoms with Crippen LogP contribution in [0.5, 0.6) is 0 Å². The first-order valence-electron chi connectivity index (χ1n) is 8.21. The van der Waals surface area contributed by atoms with Gasteiger partial charge in [0.25, 0.3) is 0 Å². The van der Waals surface area contributed by atoms with Crippen LogP contribution in [0.3, 0.4) is 0 Å². The van der Waals surface area contributed by atoms with E-state index in [9.17, 15) is 9.59 Å². The molecule has 0 aromatic heterocycles. The molecule has 142 valence electrons. The fourth-order valence-corrected chi connectivity index (χ4v) is 3.85. The van der Waals surface area contributed by atoms with Crippen LogP contribution in [0.4, 0.5) is 0 Å². The smallest absolute Gasteiger partial charge is 0.336 e. The van der Waals surface area contributed by atoms with Crippen LogP contribution in [0.2, 0.25) is 0 Å². The number of carboxylic acid groups (broad SMARTS) is 2. The number of benzene rings is 4. The Balaban J connectivity index is 0.000000200. The van der Waals surface area contributed by atoms with Gasteiger partial charge < -0.3 is 10.2 Å². The van der Waals surface area contributed by atoms with Crippen LogP contribution in [-0.2, 0) is 19.5 Å². The van der Waals surface area contributed by atoms with Crippen LogP contribution in [0.25, 0.3) is 21.5 Å². The molecule has 0 bridgehead atoms. The standard InChI is InChI=1S/2C11H7BrO2.Zn/c2*12-10-6-5-9(11(13)14)7-3-1-2-4-8(7)10;/h2*1-6H,(H,13,14);. The number of carbonyl (C=O) groups is 2. The van der Waals surface area contributed by atoms with Gasteiger partial charge in [-0.15, -0.1) is 0 Å². The average Bonchev–Trinajstić information content (AvgIpc) is 2.69. The maximum absolute atomic E-state index is 10.9. The molecule has 0 unspecified atom stereocenters. The van der Waals surface area contributed by atoms with Crippen molar-refractivity contribution in [1.29, 1.82) is 0 Å². The number of carboxylic acids is 2. The molecule has 0 spiro atoms. The van der Waals surface area contributed by atoms with Crippen LogP contribution in [-0.4, -0.2) is 22.2 Å². The molecule has 0 aliphatic heterocycles. The molecular weight excluding hydrogens is 553 g/mol. The zero-order valence-corrected chi connectivity index (χ0v) is 21.2. The van der Waals surface area contributed by atoms with Gasteiger partial charge in [-0.3, -0.25) is 0 Å². The number of fused-ring (bicyclic) bond motifs is 2. The molecule has 0 aliphatic rings. The van der Waals surface area contributed by atoms with Crippen molar-refractivity contribution in [3.05, 3.63) is 92.9 Å². The van der Waals surface area contributed by atoms with Crippen LogP contribution in [0.15, 0.2) is 81.7 Å². The number of halogens is 2. The molecular formula is C22H14Br2O4Zn. The van der Waals surface area contributed by atoms with Crippen LogP contribution in [0, 0.1) is 0 Å². The largest absolute Gasteiger partial charge is 0.478 e. The fourth-order valence-electron chi connectivity index (χ4n) is 2.90. The first kappa shape index (κ1) is 23.2. The summed E-state index contributed by atoms with van der Waals surface area (Å²) < 4.78 is 1.83. The predicted octanol–water partition coefficient (Wildman–Crippen LogP) is 6.60. The number of hydrogen-bond acceptors (Lipinski definition) is 2. The van der Waals surface area contributed by atoms with E-state index in [1.54, 1.807) is 24.3 Å². The van der Waals surface area contributed by atoms with Crippen molar-refractivity contribution in [2.24, 2.45) is 0 Å². The maximum atomic E-state index is 10.9. The van der Waals surface area contributed by atoms with E-state index in [0.717, 1.165) is 30.5 Å². The molecule has 7 heteroatoms. The van der Waals surface area contributed by atoms with Gasteiger partial charge in [0.15, 0.2) is 0 Å². The normalized spacial score (nSPS) is 10.0. The summed E-state index contributed by atoms with van der Waals surface area (Å²) in [6.07, 6.45) is 0. The summed E-state index contributed by atoms with van der Waals surface area (Å²) in [4.78, 5) is 21.8. The average molecular weight is 568 g/mol. The summed E-state index contributed by atoms with van der Waals surface area (Å²) in [5.74, 6) is -1.79. The molecule has 0 saturated carbocycles. The van der Waals surface area contributed by atoms with Gasteiger partial charge in [0.1, 0.15) is 0 Å². The molecule has 29 heavy (non-hydrogen) atoms. The Bertz CT molecular complexity index is 1110. The van der Waals surface area contributed by atoms with E-state index in [-0.39, 0.29) is 19.5 Å². The van der Waals surface area contributed by atoms with E-state index in [0.29, 0.717) is 11.1 Å². The Hall–Kier alpha value is -2.08. The van der Waals surface area contributed by atoms with Gasteiger partial charge in [0, 0.05) is 28.4 Å². The first-order chi connectivity index (χ1) is 13.4. The second kappa shape index (κ2) is 10.1. The van der Waals surface area contributed by atoms with Gasteiger partial charge >= 0.3 is 11.9 Å². The third-order valence-electron chi connectivity index (χ3n) is 4.20. The van der Waals surface area contributed by atoms with Crippen molar-refractivity contribution in [1.82, 2.24) is 0 Å². The Morgan fingerprint density at radius 3 is 1.17 bits per heavy atom. The molecule has 0 atom stereocenters. The predicted molar refractivity (Wildman–Crippen MR) is 117 cm³/mol. The summed E-state index contributed by atoms with van der Waals surface area (Å²) in [5, 5.41) is 21.3. The second-order valence-electron chi connectivity index (χ2n) is 5.89. The zero-order valence-electron chi connectivity index (χ0n) is 15.1. The Kier molecular flexibility index (Phi) is 8.08.